The monoisotopic (exact) mass is 324 g/mol. The van der Waals surface area contributed by atoms with Crippen molar-refractivity contribution in [1.82, 2.24) is 9.88 Å². The first-order valence-electron chi connectivity index (χ1n) is 8.49. The maximum atomic E-state index is 12.9. The lowest BCUT2D eigenvalue weighted by molar-refractivity contribution is 0.0686. The molecule has 1 heterocycles. The number of rotatable bonds is 7. The largest absolute Gasteiger partial charge is 0.383 e. The number of ether oxygens (including phenoxy) is 1. The Morgan fingerprint density at radius 3 is 2.83 bits per heavy atom. The van der Waals surface area contributed by atoms with Gasteiger partial charge in [0.05, 0.1) is 12.3 Å². The number of hydrogen-bond donors (Lipinski definition) is 0. The average molecular weight is 324 g/mol. The molecule has 0 bridgehead atoms. The van der Waals surface area contributed by atoms with Crippen molar-refractivity contribution in [3.8, 4) is 11.3 Å². The van der Waals surface area contributed by atoms with E-state index >= 15 is 0 Å². The quantitative estimate of drug-likeness (QED) is 0.782. The molecule has 0 aliphatic heterocycles. The highest BCUT2D eigenvalue weighted by Crippen LogP contribution is 2.30. The van der Waals surface area contributed by atoms with Gasteiger partial charge in [-0.1, -0.05) is 18.2 Å². The van der Waals surface area contributed by atoms with Gasteiger partial charge in [0.1, 0.15) is 0 Å². The molecule has 0 atom stereocenters. The number of pyridine rings is 1. The van der Waals surface area contributed by atoms with Crippen LogP contribution in [0.25, 0.3) is 11.3 Å². The van der Waals surface area contributed by atoms with Gasteiger partial charge in [0.15, 0.2) is 0 Å². The molecule has 1 fully saturated rings. The first-order valence-corrected chi connectivity index (χ1v) is 8.49. The van der Waals surface area contributed by atoms with Crippen molar-refractivity contribution in [2.45, 2.75) is 19.8 Å². The zero-order valence-corrected chi connectivity index (χ0v) is 14.4. The van der Waals surface area contributed by atoms with E-state index in [4.69, 9.17) is 4.74 Å². The van der Waals surface area contributed by atoms with E-state index < -0.39 is 0 Å². The van der Waals surface area contributed by atoms with Gasteiger partial charge in [-0.15, -0.1) is 0 Å². The zero-order chi connectivity index (χ0) is 16.9. The molecule has 1 saturated carbocycles. The van der Waals surface area contributed by atoms with Crippen LogP contribution < -0.4 is 0 Å². The summed E-state index contributed by atoms with van der Waals surface area (Å²) in [6.45, 7) is 4.07. The summed E-state index contributed by atoms with van der Waals surface area (Å²) in [4.78, 5) is 19.3. The van der Waals surface area contributed by atoms with Crippen LogP contribution in [0, 0.1) is 12.8 Å². The number of aryl methyl sites for hydroxylation is 1. The van der Waals surface area contributed by atoms with Crippen LogP contribution in [0.1, 0.15) is 28.8 Å². The molecule has 1 amide bonds. The lowest BCUT2D eigenvalue weighted by Crippen LogP contribution is -2.35. The Kier molecular flexibility index (Phi) is 5.26. The van der Waals surface area contributed by atoms with Gasteiger partial charge in [0.2, 0.25) is 0 Å². The van der Waals surface area contributed by atoms with Crippen LogP contribution in [0.3, 0.4) is 0 Å². The molecule has 1 aliphatic rings. The number of hydrogen-bond acceptors (Lipinski definition) is 3. The highest BCUT2D eigenvalue weighted by atomic mass is 16.5. The van der Waals surface area contributed by atoms with Crippen LogP contribution in [-0.4, -0.2) is 42.6 Å². The fourth-order valence-electron chi connectivity index (χ4n) is 2.86. The molecule has 4 heteroatoms. The molecule has 1 aromatic carbocycles. The van der Waals surface area contributed by atoms with Gasteiger partial charge in [-0.05, 0) is 49.4 Å². The van der Waals surface area contributed by atoms with E-state index in [1.807, 2.05) is 48.2 Å². The zero-order valence-electron chi connectivity index (χ0n) is 14.4. The van der Waals surface area contributed by atoms with E-state index in [0.717, 1.165) is 23.4 Å². The normalized spacial score (nSPS) is 13.8. The fraction of sp³-hybridized carbons (Fsp3) is 0.400. The molecule has 0 saturated heterocycles. The summed E-state index contributed by atoms with van der Waals surface area (Å²) in [6, 6.07) is 11.7. The van der Waals surface area contributed by atoms with E-state index in [2.05, 4.69) is 4.98 Å². The van der Waals surface area contributed by atoms with Gasteiger partial charge < -0.3 is 9.64 Å². The molecule has 3 rings (SSSR count). The van der Waals surface area contributed by atoms with Crippen molar-refractivity contribution in [3.63, 3.8) is 0 Å². The molecule has 0 unspecified atom stereocenters. The molecule has 0 radical (unpaired) electrons. The minimum Gasteiger partial charge on any atom is -0.383 e. The molecular formula is C20H24N2O2. The third-order valence-electron chi connectivity index (χ3n) is 4.42. The molecule has 0 N–H and O–H groups in total. The van der Waals surface area contributed by atoms with E-state index in [1.165, 1.54) is 12.8 Å². The SMILES string of the molecule is COCCN(CC1CC1)C(=O)c1cccc(-c2ncccc2C)c1. The Hall–Kier alpha value is -2.20. The predicted molar refractivity (Wildman–Crippen MR) is 94.9 cm³/mol. The van der Waals surface area contributed by atoms with Crippen LogP contribution >= 0.6 is 0 Å². The number of methoxy groups -OCH3 is 1. The topological polar surface area (TPSA) is 42.4 Å². The molecule has 1 aromatic heterocycles. The van der Waals surface area contributed by atoms with Crippen molar-refractivity contribution >= 4 is 5.91 Å². The van der Waals surface area contributed by atoms with E-state index in [1.54, 1.807) is 13.3 Å². The summed E-state index contributed by atoms with van der Waals surface area (Å²) in [7, 11) is 1.67. The highest BCUT2D eigenvalue weighted by molar-refractivity contribution is 5.95. The van der Waals surface area contributed by atoms with Gasteiger partial charge in [-0.2, -0.15) is 0 Å². The second-order valence-electron chi connectivity index (χ2n) is 6.44. The van der Waals surface area contributed by atoms with Gasteiger partial charge in [0.25, 0.3) is 5.91 Å². The van der Waals surface area contributed by atoms with Gasteiger partial charge in [0, 0.05) is 37.5 Å². The van der Waals surface area contributed by atoms with Gasteiger partial charge in [-0.25, -0.2) is 0 Å². The van der Waals surface area contributed by atoms with Crippen LogP contribution in [0.2, 0.25) is 0 Å². The lowest BCUT2D eigenvalue weighted by Gasteiger charge is -2.22. The van der Waals surface area contributed by atoms with E-state index in [9.17, 15) is 4.79 Å². The Bertz CT molecular complexity index is 710. The second-order valence-corrected chi connectivity index (χ2v) is 6.44. The summed E-state index contributed by atoms with van der Waals surface area (Å²) in [5.74, 6) is 0.737. The summed E-state index contributed by atoms with van der Waals surface area (Å²) in [5, 5.41) is 0. The van der Waals surface area contributed by atoms with Crippen molar-refractivity contribution in [3.05, 3.63) is 53.7 Å². The number of amides is 1. The van der Waals surface area contributed by atoms with Crippen LogP contribution in [0.5, 0.6) is 0 Å². The number of carbonyl (C=O) groups excluding carboxylic acids is 1. The third kappa shape index (κ3) is 4.01. The molecule has 1 aliphatic carbocycles. The first-order chi connectivity index (χ1) is 11.7. The van der Waals surface area contributed by atoms with Crippen molar-refractivity contribution in [1.29, 1.82) is 0 Å². The number of benzene rings is 1. The minimum absolute atomic E-state index is 0.0781. The summed E-state index contributed by atoms with van der Waals surface area (Å²) in [6.07, 6.45) is 4.24. The summed E-state index contributed by atoms with van der Waals surface area (Å²) >= 11 is 0. The van der Waals surface area contributed by atoms with Crippen LogP contribution in [0.4, 0.5) is 0 Å². The maximum Gasteiger partial charge on any atom is 0.253 e. The van der Waals surface area contributed by atoms with Crippen LogP contribution in [0.15, 0.2) is 42.6 Å². The molecular weight excluding hydrogens is 300 g/mol. The van der Waals surface area contributed by atoms with Gasteiger partial charge in [-0.3, -0.25) is 9.78 Å². The molecule has 2 aromatic rings. The Balaban J connectivity index is 1.83. The second kappa shape index (κ2) is 7.58. The lowest BCUT2D eigenvalue weighted by atomic mass is 10.0. The Morgan fingerprint density at radius 2 is 2.12 bits per heavy atom. The van der Waals surface area contributed by atoms with Crippen LogP contribution in [-0.2, 0) is 4.74 Å². The van der Waals surface area contributed by atoms with Crippen molar-refractivity contribution in [2.75, 3.05) is 26.8 Å². The first kappa shape index (κ1) is 16.7. The number of aromatic nitrogens is 1. The van der Waals surface area contributed by atoms with E-state index in [0.29, 0.717) is 24.6 Å². The van der Waals surface area contributed by atoms with E-state index in [-0.39, 0.29) is 5.91 Å². The standard InChI is InChI=1S/C20H24N2O2/c1-15-5-4-10-21-19(15)17-6-3-7-18(13-17)20(23)22(11-12-24-2)14-16-8-9-16/h3-7,10,13,16H,8-9,11-12,14H2,1-2H3. The molecule has 4 nitrogen and oxygen atoms in total. The van der Waals surface area contributed by atoms with Gasteiger partial charge >= 0.3 is 0 Å². The van der Waals surface area contributed by atoms with Crippen molar-refractivity contribution < 1.29 is 9.53 Å². The maximum absolute atomic E-state index is 12.9. The van der Waals surface area contributed by atoms with Crippen molar-refractivity contribution in [2.24, 2.45) is 5.92 Å². The Morgan fingerprint density at radius 1 is 1.29 bits per heavy atom. The third-order valence-corrected chi connectivity index (χ3v) is 4.42. The summed E-state index contributed by atoms with van der Waals surface area (Å²) < 4.78 is 5.17. The molecule has 24 heavy (non-hydrogen) atoms. The summed E-state index contributed by atoms with van der Waals surface area (Å²) in [5.41, 5.74) is 3.74. The fourth-order valence-corrected chi connectivity index (χ4v) is 2.86. The average Bonchev–Trinajstić information content (AvgIpc) is 3.42. The Labute approximate surface area is 143 Å². The highest BCUT2D eigenvalue weighted by Gasteiger charge is 2.27. The minimum atomic E-state index is 0.0781. The predicted octanol–water partition coefficient (Wildman–Crippen LogP) is 3.56. The number of nitrogens with zero attached hydrogens (tertiary/aromatic N) is 2. The molecule has 126 valence electrons. The smallest absolute Gasteiger partial charge is 0.253 e. The molecule has 0 spiro atoms. The number of carbonyl (C=O) groups is 1.